The molecular formula is C19H14ClIO3S. The molecule has 1 N–H and O–H groups in total. The van der Waals surface area contributed by atoms with Crippen molar-refractivity contribution in [3.05, 3.63) is 74.8 Å². The van der Waals surface area contributed by atoms with Crippen LogP contribution in [-0.4, -0.2) is 13.0 Å². The highest BCUT2D eigenvalue weighted by Gasteiger charge is 2.24. The summed E-state index contributed by atoms with van der Waals surface area (Å²) < 4.78 is 30.7. The minimum Gasteiger partial charge on any atom is -0.282 e. The van der Waals surface area contributed by atoms with Crippen molar-refractivity contribution in [2.45, 2.75) is 11.8 Å². The fourth-order valence-corrected chi connectivity index (χ4v) is 4.02. The molecule has 25 heavy (non-hydrogen) atoms. The van der Waals surface area contributed by atoms with Crippen molar-refractivity contribution in [2.24, 2.45) is 0 Å². The maximum atomic E-state index is 10.5. The van der Waals surface area contributed by atoms with Gasteiger partial charge in [-0.2, -0.15) is 8.42 Å². The van der Waals surface area contributed by atoms with Crippen LogP contribution in [0.1, 0.15) is 5.56 Å². The second-order valence-corrected chi connectivity index (χ2v) is 8.53. The van der Waals surface area contributed by atoms with E-state index in [0.29, 0.717) is 0 Å². The van der Waals surface area contributed by atoms with Gasteiger partial charge in [-0.1, -0.05) is 59.6 Å². The van der Waals surface area contributed by atoms with E-state index < -0.39 is 10.1 Å². The molecule has 128 valence electrons. The molecule has 0 radical (unpaired) electrons. The van der Waals surface area contributed by atoms with Crippen LogP contribution in [0.15, 0.2) is 65.6 Å². The van der Waals surface area contributed by atoms with Crippen LogP contribution in [0.3, 0.4) is 0 Å². The average Bonchev–Trinajstić information content (AvgIpc) is 2.55. The van der Waals surface area contributed by atoms with Crippen molar-refractivity contribution in [3.63, 3.8) is 0 Å². The predicted molar refractivity (Wildman–Crippen MR) is 110 cm³/mol. The van der Waals surface area contributed by atoms with E-state index in [1.807, 2.05) is 13.0 Å². The molecule has 3 aromatic rings. The molecule has 6 heteroatoms. The van der Waals surface area contributed by atoms with Gasteiger partial charge in [0, 0.05) is 9.13 Å². The second-order valence-electron chi connectivity index (χ2n) is 5.62. The minimum atomic E-state index is -4.02. The molecule has 1 aliphatic rings. The fraction of sp³-hybridized carbons (Fsp3) is 0.0526. The third-order valence-electron chi connectivity index (χ3n) is 3.90. The fourth-order valence-electron chi connectivity index (χ4n) is 2.62. The van der Waals surface area contributed by atoms with Crippen molar-refractivity contribution in [1.29, 1.82) is 0 Å². The zero-order valence-corrected chi connectivity index (χ0v) is 16.9. The van der Waals surface area contributed by atoms with Crippen LogP contribution in [0, 0.1) is 10.5 Å². The van der Waals surface area contributed by atoms with Gasteiger partial charge in [0.1, 0.15) is 0 Å². The first-order valence-corrected chi connectivity index (χ1v) is 10.3. The molecule has 3 aromatic carbocycles. The third kappa shape index (κ3) is 3.74. The number of hydrogen-bond donors (Lipinski definition) is 1. The van der Waals surface area contributed by atoms with E-state index in [4.69, 9.17) is 16.2 Å². The molecule has 0 fully saturated rings. The summed E-state index contributed by atoms with van der Waals surface area (Å²) in [6.45, 7) is 1.84. The highest BCUT2D eigenvalue weighted by atomic mass is 127. The first kappa shape index (κ1) is 18.4. The lowest BCUT2D eigenvalue weighted by atomic mass is 9.81. The Kier molecular flexibility index (Phi) is 5.20. The highest BCUT2D eigenvalue weighted by Crippen LogP contribution is 2.50. The summed E-state index contributed by atoms with van der Waals surface area (Å²) in [6, 6.07) is 18.5. The van der Waals surface area contributed by atoms with Crippen molar-refractivity contribution in [2.75, 3.05) is 0 Å². The molecule has 0 unspecified atom stereocenters. The molecule has 4 rings (SSSR count). The Labute approximate surface area is 165 Å². The van der Waals surface area contributed by atoms with Crippen molar-refractivity contribution in [1.82, 2.24) is 0 Å². The highest BCUT2D eigenvalue weighted by molar-refractivity contribution is 14.1. The zero-order valence-electron chi connectivity index (χ0n) is 13.2. The Hall–Kier alpha value is -1.41. The van der Waals surface area contributed by atoms with Gasteiger partial charge in [-0.15, -0.1) is 0 Å². The Morgan fingerprint density at radius 2 is 1.48 bits per heavy atom. The van der Waals surface area contributed by atoms with Gasteiger partial charge in [0.15, 0.2) is 0 Å². The topological polar surface area (TPSA) is 54.4 Å². The van der Waals surface area contributed by atoms with E-state index in [1.165, 1.54) is 38.0 Å². The van der Waals surface area contributed by atoms with Crippen LogP contribution in [0.2, 0.25) is 5.02 Å². The van der Waals surface area contributed by atoms with Crippen LogP contribution < -0.4 is 0 Å². The summed E-state index contributed by atoms with van der Waals surface area (Å²) >= 11 is 8.39. The number of halogens is 2. The van der Waals surface area contributed by atoms with Gasteiger partial charge >= 0.3 is 0 Å². The molecule has 0 saturated carbocycles. The average molecular weight is 485 g/mol. The quantitative estimate of drug-likeness (QED) is 0.273. The number of rotatable bonds is 1. The van der Waals surface area contributed by atoms with Gasteiger partial charge in [0.2, 0.25) is 0 Å². The lowest BCUT2D eigenvalue weighted by molar-refractivity contribution is 0.483. The van der Waals surface area contributed by atoms with Gasteiger partial charge in [-0.25, -0.2) is 0 Å². The summed E-state index contributed by atoms with van der Waals surface area (Å²) in [5.41, 5.74) is 6.27. The Morgan fingerprint density at radius 1 is 0.880 bits per heavy atom. The van der Waals surface area contributed by atoms with E-state index in [1.54, 1.807) is 12.1 Å². The monoisotopic (exact) mass is 484 g/mol. The van der Waals surface area contributed by atoms with E-state index in [0.717, 1.165) is 10.6 Å². The molecule has 1 aliphatic carbocycles. The molecule has 0 amide bonds. The summed E-state index contributed by atoms with van der Waals surface area (Å²) in [4.78, 5) is -0.0666. The lowest BCUT2D eigenvalue weighted by Crippen LogP contribution is -2.00. The molecule has 0 spiro atoms. The van der Waals surface area contributed by atoms with E-state index in [9.17, 15) is 8.42 Å². The number of hydrogen-bond acceptors (Lipinski definition) is 2. The van der Waals surface area contributed by atoms with Crippen LogP contribution in [0.5, 0.6) is 0 Å². The second kappa shape index (κ2) is 7.07. The van der Waals surface area contributed by atoms with E-state index in [2.05, 4.69) is 52.9 Å². The summed E-state index contributed by atoms with van der Waals surface area (Å²) in [6.07, 6.45) is 0. The molecule has 0 atom stereocenters. The minimum absolute atomic E-state index is 0.0666. The SMILES string of the molecule is Cc1ccc(S(=O)(=O)O)cc1.Clc1ccc2c(c1I)-c1ccccc1-2. The van der Waals surface area contributed by atoms with Gasteiger partial charge in [0.05, 0.1) is 9.92 Å². The molecule has 0 bridgehead atoms. The molecule has 0 saturated heterocycles. The maximum Gasteiger partial charge on any atom is 0.294 e. The first-order chi connectivity index (χ1) is 11.8. The number of benzene rings is 3. The van der Waals surface area contributed by atoms with Crippen molar-refractivity contribution < 1.29 is 13.0 Å². The van der Waals surface area contributed by atoms with Crippen molar-refractivity contribution in [3.8, 4) is 22.3 Å². The zero-order chi connectivity index (χ0) is 18.2. The largest absolute Gasteiger partial charge is 0.294 e. The van der Waals surface area contributed by atoms with E-state index >= 15 is 0 Å². The van der Waals surface area contributed by atoms with Crippen molar-refractivity contribution >= 4 is 44.3 Å². The first-order valence-electron chi connectivity index (χ1n) is 7.41. The normalized spacial score (nSPS) is 11.5. The smallest absolute Gasteiger partial charge is 0.282 e. The Balaban J connectivity index is 0.000000151. The van der Waals surface area contributed by atoms with Gasteiger partial charge in [-0.05, 0) is 64.4 Å². The third-order valence-corrected chi connectivity index (χ3v) is 6.52. The molecule has 0 aromatic heterocycles. The standard InChI is InChI=1S/C12H6ClI.C7H8O3S/c13-10-6-5-9-7-3-1-2-4-8(7)11(9)12(10)14;1-6-2-4-7(5-3-6)11(8,9)10/h1-6H;2-5H,1H3,(H,8,9,10). The summed E-state index contributed by atoms with van der Waals surface area (Å²) in [7, 11) is -4.02. The molecular weight excluding hydrogens is 471 g/mol. The number of fused-ring (bicyclic) bond motifs is 4. The van der Waals surface area contributed by atoms with E-state index in [-0.39, 0.29) is 4.90 Å². The Morgan fingerprint density at radius 3 is 2.08 bits per heavy atom. The Bertz CT molecular complexity index is 1040. The summed E-state index contributed by atoms with van der Waals surface area (Å²) in [5.74, 6) is 0. The van der Waals surface area contributed by atoms with Crippen LogP contribution in [-0.2, 0) is 10.1 Å². The molecule has 0 aliphatic heterocycles. The predicted octanol–water partition coefficient (Wildman–Crippen LogP) is 5.83. The van der Waals surface area contributed by atoms with Gasteiger partial charge in [0.25, 0.3) is 10.1 Å². The van der Waals surface area contributed by atoms with Gasteiger partial charge < -0.3 is 0 Å². The lowest BCUT2D eigenvalue weighted by Gasteiger charge is -2.25. The van der Waals surface area contributed by atoms with Gasteiger partial charge in [-0.3, -0.25) is 4.55 Å². The number of aryl methyl sites for hydroxylation is 1. The molecule has 3 nitrogen and oxygen atoms in total. The summed E-state index contributed by atoms with van der Waals surface area (Å²) in [5, 5.41) is 0.846. The van der Waals surface area contributed by atoms with Crippen LogP contribution in [0.4, 0.5) is 0 Å². The van der Waals surface area contributed by atoms with Crippen LogP contribution >= 0.6 is 34.2 Å². The maximum absolute atomic E-state index is 10.5. The molecule has 0 heterocycles. The van der Waals surface area contributed by atoms with Crippen LogP contribution in [0.25, 0.3) is 22.3 Å².